The Hall–Kier alpha value is -3.86. The van der Waals surface area contributed by atoms with Crippen LogP contribution in [0.25, 0.3) is 22.3 Å². The van der Waals surface area contributed by atoms with Crippen molar-refractivity contribution in [2.24, 2.45) is 5.92 Å². The third-order valence-electron chi connectivity index (χ3n) is 7.17. The largest absolute Gasteiger partial charge is 0.492 e. The van der Waals surface area contributed by atoms with Crippen LogP contribution in [0.15, 0.2) is 18.5 Å². The van der Waals surface area contributed by atoms with Crippen LogP contribution >= 0.6 is 0 Å². The number of amides is 2. The average Bonchev–Trinajstić information content (AvgIpc) is 3.30. The minimum atomic E-state index is -0.842. The van der Waals surface area contributed by atoms with Gasteiger partial charge in [0.2, 0.25) is 12.7 Å². The first-order valence-corrected chi connectivity index (χ1v) is 12.6. The number of nitrogens with one attached hydrogen (secondary N) is 2. The third-order valence-corrected chi connectivity index (χ3v) is 7.17. The van der Waals surface area contributed by atoms with Gasteiger partial charge >= 0.3 is 0 Å². The van der Waals surface area contributed by atoms with E-state index in [1.807, 2.05) is 12.1 Å². The summed E-state index contributed by atoms with van der Waals surface area (Å²) >= 11 is 0. The minimum Gasteiger partial charge on any atom is -0.492 e. The predicted octanol–water partition coefficient (Wildman–Crippen LogP) is 2.16. The van der Waals surface area contributed by atoms with Crippen LogP contribution in [0.1, 0.15) is 42.2 Å². The lowest BCUT2D eigenvalue weighted by Crippen LogP contribution is -2.43. The third kappa shape index (κ3) is 4.22. The molecule has 2 aromatic heterocycles. The van der Waals surface area contributed by atoms with E-state index in [2.05, 4.69) is 20.3 Å². The second-order valence-electron chi connectivity index (χ2n) is 9.80. The van der Waals surface area contributed by atoms with Crippen molar-refractivity contribution in [1.82, 2.24) is 25.2 Å². The molecule has 1 saturated carbocycles. The Labute approximate surface area is 213 Å². The number of hydrogen-bond donors (Lipinski definition) is 3. The van der Waals surface area contributed by atoms with Crippen LogP contribution in [-0.4, -0.2) is 75.4 Å². The second kappa shape index (κ2) is 9.22. The van der Waals surface area contributed by atoms with Crippen molar-refractivity contribution in [3.8, 4) is 28.5 Å². The van der Waals surface area contributed by atoms with E-state index in [0.717, 1.165) is 12.8 Å². The van der Waals surface area contributed by atoms with Gasteiger partial charge in [0.15, 0.2) is 11.5 Å². The Balaban J connectivity index is 1.35. The SMILES string of the molecule is CCC(=O)N1C[C@@H](O)[C@H](NC(=O)c2c(C)[nH]c3c(-c4c(OCC5CC5)ccc5c4OCO5)ncnc23)C1. The van der Waals surface area contributed by atoms with Gasteiger partial charge < -0.3 is 34.5 Å². The van der Waals surface area contributed by atoms with Crippen molar-refractivity contribution in [1.29, 1.82) is 0 Å². The zero-order valence-corrected chi connectivity index (χ0v) is 20.7. The molecule has 1 saturated heterocycles. The molecule has 1 aliphatic carbocycles. The van der Waals surface area contributed by atoms with Gasteiger partial charge in [-0.3, -0.25) is 9.59 Å². The van der Waals surface area contributed by atoms with Crippen molar-refractivity contribution >= 4 is 22.8 Å². The van der Waals surface area contributed by atoms with Crippen molar-refractivity contribution in [2.75, 3.05) is 26.5 Å². The van der Waals surface area contributed by atoms with Crippen molar-refractivity contribution in [2.45, 2.75) is 45.3 Å². The molecule has 11 heteroatoms. The van der Waals surface area contributed by atoms with Gasteiger partial charge in [-0.1, -0.05) is 6.92 Å². The summed E-state index contributed by atoms with van der Waals surface area (Å²) in [5, 5.41) is 13.4. The highest BCUT2D eigenvalue weighted by Gasteiger charge is 2.36. The summed E-state index contributed by atoms with van der Waals surface area (Å²) in [5.41, 5.74) is 3.17. The summed E-state index contributed by atoms with van der Waals surface area (Å²) in [6, 6.07) is 3.11. The van der Waals surface area contributed by atoms with Crippen molar-refractivity contribution in [3.05, 3.63) is 29.7 Å². The van der Waals surface area contributed by atoms with Gasteiger partial charge in [0, 0.05) is 25.2 Å². The number of carbonyl (C=O) groups is 2. The molecule has 6 rings (SSSR count). The normalized spacial score (nSPS) is 20.5. The fraction of sp³-hybridized carbons (Fsp3) is 0.462. The number of aromatic nitrogens is 3. The number of ether oxygens (including phenoxy) is 3. The zero-order valence-electron chi connectivity index (χ0n) is 20.7. The van der Waals surface area contributed by atoms with Gasteiger partial charge in [-0.15, -0.1) is 0 Å². The molecule has 0 unspecified atom stereocenters. The standard InChI is InChI=1S/C26H29N5O6/c1-3-19(33)31-8-15(16(32)9-31)30-26(34)20-13(2)29-24-22(20)27-11-28-23(24)21-17(35-10-14-4-5-14)6-7-18-25(21)37-12-36-18/h6-7,11,14-16,29,32H,3-5,8-10,12H2,1-2H3,(H,30,34)/t15-,16-/m1/s1. The van der Waals surface area contributed by atoms with Crippen LogP contribution < -0.4 is 19.5 Å². The number of hydrogen-bond acceptors (Lipinski definition) is 8. The highest BCUT2D eigenvalue weighted by molar-refractivity contribution is 6.09. The first-order valence-electron chi connectivity index (χ1n) is 12.6. The zero-order chi connectivity index (χ0) is 25.7. The molecular weight excluding hydrogens is 478 g/mol. The van der Waals surface area contributed by atoms with E-state index in [4.69, 9.17) is 14.2 Å². The molecule has 11 nitrogen and oxygen atoms in total. The van der Waals surface area contributed by atoms with Crippen LogP contribution in [0.3, 0.4) is 0 Å². The number of fused-ring (bicyclic) bond motifs is 2. The van der Waals surface area contributed by atoms with Crippen molar-refractivity contribution in [3.63, 3.8) is 0 Å². The molecule has 2 atom stereocenters. The van der Waals surface area contributed by atoms with Gasteiger partial charge in [-0.2, -0.15) is 0 Å². The number of nitrogens with zero attached hydrogens (tertiary/aromatic N) is 3. The van der Waals surface area contributed by atoms with Gasteiger partial charge in [-0.05, 0) is 37.8 Å². The topological polar surface area (TPSA) is 139 Å². The molecule has 2 amide bonds. The lowest BCUT2D eigenvalue weighted by molar-refractivity contribution is -0.130. The summed E-state index contributed by atoms with van der Waals surface area (Å²) in [6.45, 7) is 4.73. The molecule has 3 aromatic rings. The molecule has 4 heterocycles. The Bertz CT molecular complexity index is 1380. The van der Waals surface area contributed by atoms with E-state index in [1.165, 1.54) is 6.33 Å². The fourth-order valence-electron chi connectivity index (χ4n) is 4.98. The Kier molecular flexibility index (Phi) is 5.86. The van der Waals surface area contributed by atoms with Gasteiger partial charge in [0.25, 0.3) is 5.91 Å². The summed E-state index contributed by atoms with van der Waals surface area (Å²) in [7, 11) is 0. The molecule has 0 bridgehead atoms. The number of likely N-dealkylation sites (tertiary alicyclic amines) is 1. The maximum Gasteiger partial charge on any atom is 0.255 e. The lowest BCUT2D eigenvalue weighted by atomic mass is 10.1. The molecule has 194 valence electrons. The number of aryl methyl sites for hydroxylation is 1. The Morgan fingerprint density at radius 2 is 2.08 bits per heavy atom. The van der Waals surface area contributed by atoms with Gasteiger partial charge in [-0.25, -0.2) is 9.97 Å². The molecular formula is C26H29N5O6. The number of benzene rings is 1. The van der Waals surface area contributed by atoms with E-state index < -0.39 is 12.1 Å². The quantitative estimate of drug-likeness (QED) is 0.442. The number of rotatable bonds is 7. The molecule has 2 aliphatic heterocycles. The van der Waals surface area contributed by atoms with E-state index in [1.54, 1.807) is 18.7 Å². The van der Waals surface area contributed by atoms with Crippen LogP contribution in [0.4, 0.5) is 0 Å². The lowest BCUT2D eigenvalue weighted by Gasteiger charge is -2.16. The number of carbonyl (C=O) groups excluding carboxylic acids is 2. The first-order chi connectivity index (χ1) is 17.9. The Morgan fingerprint density at radius 3 is 2.86 bits per heavy atom. The fourth-order valence-corrected chi connectivity index (χ4v) is 4.98. The molecule has 0 radical (unpaired) electrons. The second-order valence-corrected chi connectivity index (χ2v) is 9.80. The van der Waals surface area contributed by atoms with E-state index >= 15 is 0 Å². The van der Waals surface area contributed by atoms with Crippen LogP contribution in [0, 0.1) is 12.8 Å². The number of aliphatic hydroxyl groups excluding tert-OH is 1. The number of aromatic amines is 1. The smallest absolute Gasteiger partial charge is 0.255 e. The maximum atomic E-state index is 13.4. The van der Waals surface area contributed by atoms with Crippen LogP contribution in [0.5, 0.6) is 17.2 Å². The van der Waals surface area contributed by atoms with E-state index in [9.17, 15) is 14.7 Å². The molecule has 3 N–H and O–H groups in total. The average molecular weight is 508 g/mol. The molecule has 0 spiro atoms. The van der Waals surface area contributed by atoms with Crippen molar-refractivity contribution < 1.29 is 28.9 Å². The molecule has 1 aromatic carbocycles. The van der Waals surface area contributed by atoms with Crippen LogP contribution in [0.2, 0.25) is 0 Å². The van der Waals surface area contributed by atoms with Crippen LogP contribution in [-0.2, 0) is 4.79 Å². The summed E-state index contributed by atoms with van der Waals surface area (Å²) in [6.07, 6.45) is 3.23. The maximum absolute atomic E-state index is 13.4. The molecule has 3 aliphatic rings. The molecule has 2 fully saturated rings. The predicted molar refractivity (Wildman–Crippen MR) is 133 cm³/mol. The van der Waals surface area contributed by atoms with Gasteiger partial charge in [0.1, 0.15) is 23.3 Å². The highest BCUT2D eigenvalue weighted by atomic mass is 16.7. The monoisotopic (exact) mass is 507 g/mol. The first kappa shape index (κ1) is 23.5. The number of β-amino-alcohol motifs (C(OH)–C–C–N with tert-alkyl or cyclic N) is 1. The Morgan fingerprint density at radius 1 is 1.24 bits per heavy atom. The van der Waals surface area contributed by atoms with E-state index in [-0.39, 0.29) is 31.7 Å². The minimum absolute atomic E-state index is 0.0576. The number of aliphatic hydroxyl groups is 1. The summed E-state index contributed by atoms with van der Waals surface area (Å²) < 4.78 is 17.6. The summed E-state index contributed by atoms with van der Waals surface area (Å²) in [5.74, 6) is 1.89. The molecule has 37 heavy (non-hydrogen) atoms. The van der Waals surface area contributed by atoms with Gasteiger partial charge in [0.05, 0.1) is 35.4 Å². The summed E-state index contributed by atoms with van der Waals surface area (Å²) in [4.78, 5) is 39.3. The van der Waals surface area contributed by atoms with E-state index in [0.29, 0.717) is 69.7 Å². The highest BCUT2D eigenvalue weighted by Crippen LogP contribution is 2.48. The number of H-pyrrole nitrogens is 1.